The van der Waals surface area contributed by atoms with Crippen molar-refractivity contribution in [2.45, 2.75) is 57.2 Å². The number of amides is 1. The van der Waals surface area contributed by atoms with Gasteiger partial charge >= 0.3 is 11.9 Å². The molecule has 0 unspecified atom stereocenters. The van der Waals surface area contributed by atoms with Crippen LogP contribution in [-0.4, -0.2) is 59.1 Å². The maximum atomic E-state index is 12.9. The number of nitrogens with one attached hydrogen (secondary N) is 1. The van der Waals surface area contributed by atoms with Crippen LogP contribution in [0.2, 0.25) is 0 Å². The van der Waals surface area contributed by atoms with Gasteiger partial charge in [-0.15, -0.1) is 0 Å². The zero-order chi connectivity index (χ0) is 23.6. The Morgan fingerprint density at radius 1 is 1.03 bits per heavy atom. The van der Waals surface area contributed by atoms with E-state index in [2.05, 4.69) is 5.32 Å². The summed E-state index contributed by atoms with van der Waals surface area (Å²) in [4.78, 5) is 38.7. The second kappa shape index (κ2) is 12.2. The van der Waals surface area contributed by atoms with Gasteiger partial charge in [-0.1, -0.05) is 60.7 Å². The molecule has 1 heterocycles. The number of hydrogen-bond donors (Lipinski definition) is 2. The summed E-state index contributed by atoms with van der Waals surface area (Å²) in [5.41, 5.74) is 2.17. The lowest BCUT2D eigenvalue weighted by Crippen LogP contribution is -2.53. The lowest BCUT2D eigenvalue weighted by Gasteiger charge is -2.28. The number of carboxylic acid groups (broad SMARTS) is 1. The molecule has 2 aromatic rings. The number of aliphatic carboxylic acids is 1. The molecule has 1 aliphatic rings. The third-order valence-corrected chi connectivity index (χ3v) is 5.97. The van der Waals surface area contributed by atoms with E-state index in [-0.39, 0.29) is 12.5 Å². The lowest BCUT2D eigenvalue weighted by molar-refractivity contribution is -0.150. The number of benzene rings is 2. The molecule has 0 radical (unpaired) electrons. The highest BCUT2D eigenvalue weighted by atomic mass is 16.5. The largest absolute Gasteiger partial charge is 0.480 e. The quantitative estimate of drug-likeness (QED) is 0.509. The number of aryl methyl sites for hydroxylation is 1. The summed E-state index contributed by atoms with van der Waals surface area (Å²) in [6.07, 6.45) is 2.84. The van der Waals surface area contributed by atoms with Crippen molar-refractivity contribution < 1.29 is 24.2 Å². The van der Waals surface area contributed by atoms with Crippen LogP contribution < -0.4 is 5.32 Å². The predicted molar refractivity (Wildman–Crippen MR) is 125 cm³/mol. The summed E-state index contributed by atoms with van der Waals surface area (Å²) in [5, 5.41) is 12.5. The molecule has 0 bridgehead atoms. The van der Waals surface area contributed by atoms with Crippen LogP contribution in [0.3, 0.4) is 0 Å². The maximum Gasteiger partial charge on any atom is 0.326 e. The number of nitrogens with zero attached hydrogens (tertiary/aromatic N) is 1. The van der Waals surface area contributed by atoms with E-state index >= 15 is 0 Å². The molecule has 2 N–H and O–H groups in total. The minimum atomic E-state index is -0.992. The van der Waals surface area contributed by atoms with Crippen molar-refractivity contribution in [2.75, 3.05) is 13.2 Å². The van der Waals surface area contributed by atoms with E-state index < -0.39 is 30.1 Å². The first-order valence-electron chi connectivity index (χ1n) is 11.5. The molecule has 3 atom stereocenters. The highest BCUT2D eigenvalue weighted by molar-refractivity contribution is 5.88. The molecule has 0 aromatic heterocycles. The molecule has 176 valence electrons. The summed E-state index contributed by atoms with van der Waals surface area (Å²) in [7, 11) is 0. The van der Waals surface area contributed by atoms with Crippen molar-refractivity contribution in [3.63, 3.8) is 0 Å². The van der Waals surface area contributed by atoms with Gasteiger partial charge in [0.25, 0.3) is 0 Å². The summed E-state index contributed by atoms with van der Waals surface area (Å²) in [6.45, 7) is 2.34. The molecule has 33 heavy (non-hydrogen) atoms. The van der Waals surface area contributed by atoms with Crippen LogP contribution >= 0.6 is 0 Å². The molecule has 0 aliphatic carbocycles. The predicted octanol–water partition coefficient (Wildman–Crippen LogP) is 2.83. The maximum absolute atomic E-state index is 12.9. The van der Waals surface area contributed by atoms with Crippen LogP contribution in [0.1, 0.15) is 37.3 Å². The number of ether oxygens (including phenoxy) is 1. The van der Waals surface area contributed by atoms with Gasteiger partial charge in [-0.2, -0.15) is 0 Å². The molecular weight excluding hydrogens is 420 g/mol. The topological polar surface area (TPSA) is 95.9 Å². The number of likely N-dealkylation sites (tertiary alicyclic amines) is 1. The Bertz CT molecular complexity index is 919. The Balaban J connectivity index is 1.61. The molecule has 2 aromatic carbocycles. The Morgan fingerprint density at radius 2 is 1.64 bits per heavy atom. The highest BCUT2D eigenvalue weighted by Crippen LogP contribution is 2.19. The van der Waals surface area contributed by atoms with Gasteiger partial charge in [0, 0.05) is 13.0 Å². The molecule has 7 nitrogen and oxygen atoms in total. The Kier molecular flexibility index (Phi) is 9.01. The zero-order valence-electron chi connectivity index (χ0n) is 19.0. The number of rotatable bonds is 11. The van der Waals surface area contributed by atoms with Crippen molar-refractivity contribution >= 4 is 17.8 Å². The van der Waals surface area contributed by atoms with Crippen molar-refractivity contribution in [2.24, 2.45) is 0 Å². The van der Waals surface area contributed by atoms with Gasteiger partial charge in [0.05, 0.1) is 12.6 Å². The molecule has 1 fully saturated rings. The normalized spacial score (nSPS) is 17.4. The van der Waals surface area contributed by atoms with E-state index in [0.717, 1.165) is 11.1 Å². The third-order valence-electron chi connectivity index (χ3n) is 5.97. The van der Waals surface area contributed by atoms with Crippen molar-refractivity contribution in [1.29, 1.82) is 0 Å². The first kappa shape index (κ1) is 24.5. The van der Waals surface area contributed by atoms with E-state index in [1.807, 2.05) is 60.7 Å². The number of carbonyl (C=O) groups is 3. The Hall–Kier alpha value is -3.19. The van der Waals surface area contributed by atoms with Crippen LogP contribution in [0.4, 0.5) is 0 Å². The minimum Gasteiger partial charge on any atom is -0.480 e. The molecule has 1 saturated heterocycles. The number of carboxylic acids is 1. The average molecular weight is 453 g/mol. The zero-order valence-corrected chi connectivity index (χ0v) is 19.0. The van der Waals surface area contributed by atoms with Crippen LogP contribution in [0.5, 0.6) is 0 Å². The molecule has 0 spiro atoms. The molecule has 7 heteroatoms. The molecule has 0 saturated carbocycles. The van der Waals surface area contributed by atoms with Gasteiger partial charge in [-0.3, -0.25) is 14.9 Å². The summed E-state index contributed by atoms with van der Waals surface area (Å²) < 4.78 is 5.54. The van der Waals surface area contributed by atoms with E-state index in [0.29, 0.717) is 38.6 Å². The van der Waals surface area contributed by atoms with E-state index in [4.69, 9.17) is 4.74 Å². The summed E-state index contributed by atoms with van der Waals surface area (Å²) >= 11 is 0. The van der Waals surface area contributed by atoms with Crippen molar-refractivity contribution in [3.05, 3.63) is 71.8 Å². The van der Waals surface area contributed by atoms with E-state index in [9.17, 15) is 19.5 Å². The standard InChI is InChI=1S/C26H32N2O5/c1-19(24(29)28-17-8-13-23(28)25(30)31)27-22(15-14-20-9-4-2-5-10-20)26(32)33-18-16-21-11-6-3-7-12-21/h2-7,9-12,19,22-23,27H,8,13-18H2,1H3,(H,30,31)/t19-,22-,23-/m0/s1. The summed E-state index contributed by atoms with van der Waals surface area (Å²) in [5.74, 6) is -1.70. The summed E-state index contributed by atoms with van der Waals surface area (Å²) in [6, 6.07) is 17.4. The SMILES string of the molecule is C[C@H](N[C@@H](CCc1ccccc1)C(=O)OCCc1ccccc1)C(=O)N1CCC[C@H]1C(=O)O. The first-order valence-corrected chi connectivity index (χ1v) is 11.5. The third kappa shape index (κ3) is 7.15. The van der Waals surface area contributed by atoms with Crippen molar-refractivity contribution in [3.8, 4) is 0 Å². The molecule has 3 rings (SSSR count). The number of esters is 1. The second-order valence-corrected chi connectivity index (χ2v) is 8.40. The monoisotopic (exact) mass is 452 g/mol. The fraction of sp³-hybridized carbons (Fsp3) is 0.423. The Labute approximate surface area is 194 Å². The van der Waals surface area contributed by atoms with Crippen LogP contribution in [0.25, 0.3) is 0 Å². The van der Waals surface area contributed by atoms with Gasteiger partial charge in [0.1, 0.15) is 12.1 Å². The average Bonchev–Trinajstić information content (AvgIpc) is 3.33. The fourth-order valence-corrected chi connectivity index (χ4v) is 4.15. The molecular formula is C26H32N2O5. The first-order chi connectivity index (χ1) is 16.0. The van der Waals surface area contributed by atoms with E-state index in [1.54, 1.807) is 6.92 Å². The van der Waals surface area contributed by atoms with E-state index in [1.165, 1.54) is 4.90 Å². The van der Waals surface area contributed by atoms with Gasteiger partial charge < -0.3 is 14.7 Å². The van der Waals surface area contributed by atoms with Crippen LogP contribution in [0.15, 0.2) is 60.7 Å². The van der Waals surface area contributed by atoms with Crippen LogP contribution in [0, 0.1) is 0 Å². The van der Waals surface area contributed by atoms with Crippen molar-refractivity contribution in [1.82, 2.24) is 10.2 Å². The minimum absolute atomic E-state index is 0.252. The lowest BCUT2D eigenvalue weighted by atomic mass is 10.0. The molecule has 1 amide bonds. The number of carbonyl (C=O) groups excluding carboxylic acids is 2. The Morgan fingerprint density at radius 3 is 2.24 bits per heavy atom. The smallest absolute Gasteiger partial charge is 0.326 e. The fourth-order valence-electron chi connectivity index (χ4n) is 4.15. The highest BCUT2D eigenvalue weighted by Gasteiger charge is 2.37. The van der Waals surface area contributed by atoms with Gasteiger partial charge in [-0.25, -0.2) is 4.79 Å². The van der Waals surface area contributed by atoms with Gasteiger partial charge in [0.15, 0.2) is 0 Å². The van der Waals surface area contributed by atoms with Gasteiger partial charge in [0.2, 0.25) is 5.91 Å². The molecule has 1 aliphatic heterocycles. The van der Waals surface area contributed by atoms with Gasteiger partial charge in [-0.05, 0) is 43.7 Å². The number of hydrogen-bond acceptors (Lipinski definition) is 5. The second-order valence-electron chi connectivity index (χ2n) is 8.40. The van der Waals surface area contributed by atoms with Crippen LogP contribution in [-0.2, 0) is 32.0 Å².